The second-order valence-corrected chi connectivity index (χ2v) is 8.67. The van der Waals surface area contributed by atoms with E-state index in [1.54, 1.807) is 4.90 Å². The maximum Gasteiger partial charge on any atom is 0.496 e. The van der Waals surface area contributed by atoms with Crippen molar-refractivity contribution in [2.45, 2.75) is 64.3 Å². The predicted molar refractivity (Wildman–Crippen MR) is 102 cm³/mol. The van der Waals surface area contributed by atoms with Crippen LogP contribution in [-0.4, -0.2) is 48.1 Å². The lowest BCUT2D eigenvalue weighted by atomic mass is 9.79. The summed E-state index contributed by atoms with van der Waals surface area (Å²) in [4.78, 5) is 5.86. The molecule has 2 aliphatic heterocycles. The van der Waals surface area contributed by atoms with Crippen molar-refractivity contribution in [3.05, 3.63) is 17.8 Å². The Morgan fingerprint density at radius 2 is 1.75 bits per heavy atom. The van der Waals surface area contributed by atoms with Gasteiger partial charge in [-0.15, -0.1) is 0 Å². The molecule has 0 unspecified atom stereocenters. The molecule has 0 aromatic carbocycles. The van der Waals surface area contributed by atoms with Gasteiger partial charge in [-0.05, 0) is 58.9 Å². The number of hydrogen-bond donors (Lipinski definition) is 1. The number of aromatic nitrogens is 1. The number of halogens is 3. The van der Waals surface area contributed by atoms with Gasteiger partial charge >= 0.3 is 13.3 Å². The molecule has 1 aromatic heterocycles. The molecule has 1 N–H and O–H groups in total. The fraction of sp³-hybridized carbons (Fsp3) is 0.737. The number of anilines is 1. The molecule has 28 heavy (non-hydrogen) atoms. The lowest BCUT2D eigenvalue weighted by molar-refractivity contribution is -0.137. The standard InChI is InChI=1S/C19H28BF3N2O3/c1-17(2)18(3,4)28-20(27-17)14-11-15(19(21,22)23)16(24-12-14)25-8-5-13(6-9-25)7-10-26/h11-13,26H,5-10H2,1-4H3. The van der Waals surface area contributed by atoms with Crippen molar-refractivity contribution in [2.24, 2.45) is 5.92 Å². The highest BCUT2D eigenvalue weighted by molar-refractivity contribution is 6.62. The van der Waals surface area contributed by atoms with Crippen molar-refractivity contribution in [2.75, 3.05) is 24.6 Å². The molecule has 3 heterocycles. The molecule has 0 spiro atoms. The Bertz CT molecular complexity index is 688. The molecule has 3 rings (SSSR count). The average molecular weight is 400 g/mol. The van der Waals surface area contributed by atoms with E-state index >= 15 is 0 Å². The van der Waals surface area contributed by atoms with Gasteiger partial charge in [0, 0.05) is 31.4 Å². The summed E-state index contributed by atoms with van der Waals surface area (Å²) in [6, 6.07) is 1.10. The minimum Gasteiger partial charge on any atom is -0.399 e. The molecule has 0 aliphatic carbocycles. The summed E-state index contributed by atoms with van der Waals surface area (Å²) in [6.45, 7) is 8.53. The van der Waals surface area contributed by atoms with Crippen molar-refractivity contribution in [3.63, 3.8) is 0 Å². The van der Waals surface area contributed by atoms with Crippen LogP contribution in [0, 0.1) is 5.92 Å². The van der Waals surface area contributed by atoms with Crippen LogP contribution in [-0.2, 0) is 15.5 Å². The molecular weight excluding hydrogens is 372 g/mol. The zero-order valence-electron chi connectivity index (χ0n) is 16.8. The van der Waals surface area contributed by atoms with Crippen LogP contribution in [0.5, 0.6) is 0 Å². The minimum atomic E-state index is -4.52. The van der Waals surface area contributed by atoms with Crippen molar-refractivity contribution in [1.29, 1.82) is 0 Å². The van der Waals surface area contributed by atoms with Gasteiger partial charge in [-0.25, -0.2) is 4.98 Å². The lowest BCUT2D eigenvalue weighted by Gasteiger charge is -2.34. The Morgan fingerprint density at radius 3 is 2.25 bits per heavy atom. The van der Waals surface area contributed by atoms with Crippen LogP contribution in [0.25, 0.3) is 0 Å². The summed E-state index contributed by atoms with van der Waals surface area (Å²) in [5.74, 6) is 0.301. The van der Waals surface area contributed by atoms with E-state index in [9.17, 15) is 13.2 Å². The van der Waals surface area contributed by atoms with Gasteiger partial charge in [0.15, 0.2) is 0 Å². The van der Waals surface area contributed by atoms with E-state index in [-0.39, 0.29) is 17.9 Å². The number of aliphatic hydroxyl groups excluding tert-OH is 1. The molecule has 0 bridgehead atoms. The third-order valence-corrected chi connectivity index (χ3v) is 6.17. The highest BCUT2D eigenvalue weighted by atomic mass is 19.4. The molecule has 1 aromatic rings. The van der Waals surface area contributed by atoms with E-state index in [1.165, 1.54) is 6.20 Å². The first-order valence-electron chi connectivity index (χ1n) is 9.73. The molecule has 156 valence electrons. The number of nitrogens with zero attached hydrogens (tertiary/aromatic N) is 2. The van der Waals surface area contributed by atoms with E-state index in [2.05, 4.69) is 4.98 Å². The van der Waals surface area contributed by atoms with Crippen LogP contribution < -0.4 is 10.4 Å². The topological polar surface area (TPSA) is 54.8 Å². The summed E-state index contributed by atoms with van der Waals surface area (Å²) >= 11 is 0. The molecule has 0 amide bonds. The Hall–Kier alpha value is -1.32. The molecule has 0 radical (unpaired) electrons. The quantitative estimate of drug-likeness (QED) is 0.788. The van der Waals surface area contributed by atoms with Crippen LogP contribution in [0.15, 0.2) is 12.3 Å². The molecule has 5 nitrogen and oxygen atoms in total. The van der Waals surface area contributed by atoms with Gasteiger partial charge in [0.2, 0.25) is 0 Å². The summed E-state index contributed by atoms with van der Waals surface area (Å²) < 4.78 is 53.1. The first kappa shape index (κ1) is 21.4. The first-order chi connectivity index (χ1) is 12.9. The molecule has 0 atom stereocenters. The van der Waals surface area contributed by atoms with E-state index in [0.717, 1.165) is 18.9 Å². The number of piperidine rings is 1. The van der Waals surface area contributed by atoms with Crippen LogP contribution >= 0.6 is 0 Å². The van der Waals surface area contributed by atoms with Crippen molar-refractivity contribution in [1.82, 2.24) is 4.98 Å². The highest BCUT2D eigenvalue weighted by Crippen LogP contribution is 2.39. The average Bonchev–Trinajstić information content (AvgIpc) is 2.82. The molecule has 0 saturated carbocycles. The van der Waals surface area contributed by atoms with Crippen molar-refractivity contribution in [3.8, 4) is 0 Å². The number of hydrogen-bond acceptors (Lipinski definition) is 5. The fourth-order valence-electron chi connectivity index (χ4n) is 3.66. The van der Waals surface area contributed by atoms with Gasteiger partial charge in [-0.1, -0.05) is 0 Å². The summed E-state index contributed by atoms with van der Waals surface area (Å²) in [5, 5.41) is 9.06. The van der Waals surface area contributed by atoms with Crippen molar-refractivity contribution >= 4 is 18.4 Å². The minimum absolute atomic E-state index is 0.0461. The van der Waals surface area contributed by atoms with Crippen LogP contribution in [0.4, 0.5) is 19.0 Å². The Kier molecular flexibility index (Phi) is 5.73. The summed E-state index contributed by atoms with van der Waals surface area (Å²) in [5.41, 5.74) is -1.77. The van der Waals surface area contributed by atoms with E-state index < -0.39 is 30.1 Å². The van der Waals surface area contributed by atoms with Crippen molar-refractivity contribution < 1.29 is 27.6 Å². The monoisotopic (exact) mass is 400 g/mol. The molecular formula is C19H28BF3N2O3. The Labute approximate surface area is 164 Å². The van der Waals surface area contributed by atoms with Crippen LogP contribution in [0.3, 0.4) is 0 Å². The summed E-state index contributed by atoms with van der Waals surface area (Å²) in [6.07, 6.45) is -0.915. The Balaban J connectivity index is 1.86. The largest absolute Gasteiger partial charge is 0.496 e. The maximum atomic E-state index is 13.8. The smallest absolute Gasteiger partial charge is 0.399 e. The first-order valence-corrected chi connectivity index (χ1v) is 9.73. The van der Waals surface area contributed by atoms with Gasteiger partial charge < -0.3 is 19.3 Å². The van der Waals surface area contributed by atoms with Crippen LogP contribution in [0.2, 0.25) is 0 Å². The van der Waals surface area contributed by atoms with Gasteiger partial charge in [0.1, 0.15) is 5.82 Å². The number of alkyl halides is 3. The van der Waals surface area contributed by atoms with Gasteiger partial charge in [-0.2, -0.15) is 13.2 Å². The maximum absolute atomic E-state index is 13.8. The number of rotatable bonds is 4. The zero-order valence-corrected chi connectivity index (χ0v) is 16.8. The zero-order chi connectivity index (χ0) is 20.7. The second kappa shape index (κ2) is 7.50. The van der Waals surface area contributed by atoms with Crippen LogP contribution in [0.1, 0.15) is 52.5 Å². The van der Waals surface area contributed by atoms with E-state index in [1.807, 2.05) is 27.7 Å². The van der Waals surface area contributed by atoms with Gasteiger partial charge in [-0.3, -0.25) is 0 Å². The van der Waals surface area contributed by atoms with E-state index in [4.69, 9.17) is 14.4 Å². The molecule has 2 aliphatic rings. The van der Waals surface area contributed by atoms with Gasteiger partial charge in [0.05, 0.1) is 16.8 Å². The molecule has 2 saturated heterocycles. The SMILES string of the molecule is CC1(C)OB(c2cnc(N3CCC(CCO)CC3)c(C(F)(F)F)c2)OC1(C)C. The fourth-order valence-corrected chi connectivity index (χ4v) is 3.66. The third-order valence-electron chi connectivity index (χ3n) is 6.17. The Morgan fingerprint density at radius 1 is 1.18 bits per heavy atom. The number of pyridine rings is 1. The molecule has 2 fully saturated rings. The normalized spacial score (nSPS) is 22.7. The van der Waals surface area contributed by atoms with E-state index in [0.29, 0.717) is 25.4 Å². The second-order valence-electron chi connectivity index (χ2n) is 8.67. The lowest BCUT2D eigenvalue weighted by Crippen LogP contribution is -2.41. The molecule has 9 heteroatoms. The number of aliphatic hydroxyl groups is 1. The highest BCUT2D eigenvalue weighted by Gasteiger charge is 2.52. The third kappa shape index (κ3) is 4.16. The van der Waals surface area contributed by atoms with Gasteiger partial charge in [0.25, 0.3) is 0 Å². The summed E-state index contributed by atoms with van der Waals surface area (Å²) in [7, 11) is -0.886. The predicted octanol–water partition coefficient (Wildman–Crippen LogP) is 3.00.